The van der Waals surface area contributed by atoms with Gasteiger partial charge in [0.15, 0.2) is 0 Å². The van der Waals surface area contributed by atoms with Gasteiger partial charge < -0.3 is 5.32 Å². The Bertz CT molecular complexity index is 485. The number of benzene rings is 1. The number of thiazole rings is 1. The molecule has 1 heterocycles. The van der Waals surface area contributed by atoms with Gasteiger partial charge in [-0.05, 0) is 56.5 Å². The monoisotopic (exact) mass is 374 g/mol. The SMILES string of the molecule is CC(NCc1ccc(Br)c(Br)c1)c1nccs1. The highest BCUT2D eigenvalue weighted by Crippen LogP contribution is 2.24. The number of hydrogen-bond acceptors (Lipinski definition) is 3. The van der Waals surface area contributed by atoms with Crippen LogP contribution in [0.1, 0.15) is 23.5 Å². The van der Waals surface area contributed by atoms with E-state index in [-0.39, 0.29) is 6.04 Å². The van der Waals surface area contributed by atoms with Crippen LogP contribution in [-0.2, 0) is 6.54 Å². The molecule has 2 nitrogen and oxygen atoms in total. The van der Waals surface area contributed by atoms with Crippen molar-refractivity contribution in [2.45, 2.75) is 19.5 Å². The third-order valence-corrected chi connectivity index (χ3v) is 5.26. The molecule has 0 aliphatic carbocycles. The average Bonchev–Trinajstić information content (AvgIpc) is 2.84. The van der Waals surface area contributed by atoms with E-state index in [4.69, 9.17) is 0 Å². The molecule has 17 heavy (non-hydrogen) atoms. The zero-order chi connectivity index (χ0) is 12.3. The molecule has 0 saturated heterocycles. The molecule has 1 unspecified atom stereocenters. The highest BCUT2D eigenvalue weighted by molar-refractivity contribution is 9.13. The zero-order valence-electron chi connectivity index (χ0n) is 9.28. The quantitative estimate of drug-likeness (QED) is 0.849. The predicted molar refractivity (Wildman–Crippen MR) is 79.2 cm³/mol. The molecule has 1 aromatic carbocycles. The number of hydrogen-bond donors (Lipinski definition) is 1. The lowest BCUT2D eigenvalue weighted by Crippen LogP contribution is -2.17. The van der Waals surface area contributed by atoms with E-state index in [0.717, 1.165) is 20.5 Å². The van der Waals surface area contributed by atoms with Gasteiger partial charge in [-0.25, -0.2) is 4.98 Å². The van der Waals surface area contributed by atoms with Gasteiger partial charge in [-0.3, -0.25) is 0 Å². The van der Waals surface area contributed by atoms with E-state index in [1.165, 1.54) is 5.56 Å². The molecule has 1 N–H and O–H groups in total. The molecular formula is C12H12Br2N2S. The number of halogens is 2. The van der Waals surface area contributed by atoms with Crippen molar-refractivity contribution in [2.24, 2.45) is 0 Å². The molecule has 2 rings (SSSR count). The molecule has 0 radical (unpaired) electrons. The van der Waals surface area contributed by atoms with Gasteiger partial charge >= 0.3 is 0 Å². The summed E-state index contributed by atoms with van der Waals surface area (Å²) < 4.78 is 2.16. The molecule has 0 amide bonds. The Morgan fingerprint density at radius 2 is 2.18 bits per heavy atom. The number of nitrogens with zero attached hydrogens (tertiary/aromatic N) is 1. The van der Waals surface area contributed by atoms with Gasteiger partial charge in [0.2, 0.25) is 0 Å². The van der Waals surface area contributed by atoms with E-state index in [9.17, 15) is 0 Å². The highest BCUT2D eigenvalue weighted by atomic mass is 79.9. The summed E-state index contributed by atoms with van der Waals surface area (Å²) >= 11 is 8.65. The van der Waals surface area contributed by atoms with Gasteiger partial charge in [0.05, 0.1) is 6.04 Å². The third kappa shape index (κ3) is 3.61. The van der Waals surface area contributed by atoms with Gasteiger partial charge in [0.1, 0.15) is 5.01 Å². The van der Waals surface area contributed by atoms with Crippen LogP contribution in [0, 0.1) is 0 Å². The summed E-state index contributed by atoms with van der Waals surface area (Å²) in [5, 5.41) is 6.59. The van der Waals surface area contributed by atoms with Crippen LogP contribution in [0.2, 0.25) is 0 Å². The van der Waals surface area contributed by atoms with Crippen LogP contribution in [-0.4, -0.2) is 4.98 Å². The minimum Gasteiger partial charge on any atom is -0.304 e. The van der Waals surface area contributed by atoms with E-state index >= 15 is 0 Å². The molecule has 5 heteroatoms. The Kier molecular flexibility index (Phi) is 4.73. The first-order valence-electron chi connectivity index (χ1n) is 5.23. The molecule has 0 aliphatic rings. The Morgan fingerprint density at radius 1 is 1.35 bits per heavy atom. The topological polar surface area (TPSA) is 24.9 Å². The van der Waals surface area contributed by atoms with E-state index < -0.39 is 0 Å². The van der Waals surface area contributed by atoms with E-state index in [1.807, 2.05) is 11.6 Å². The molecule has 1 aromatic heterocycles. The summed E-state index contributed by atoms with van der Waals surface area (Å²) in [6.45, 7) is 2.97. The smallest absolute Gasteiger partial charge is 0.109 e. The molecule has 0 bridgehead atoms. The van der Waals surface area contributed by atoms with E-state index in [0.29, 0.717) is 0 Å². The summed E-state index contributed by atoms with van der Waals surface area (Å²) in [4.78, 5) is 4.30. The van der Waals surface area contributed by atoms with Crippen LogP contribution in [0.25, 0.3) is 0 Å². The summed E-state index contributed by atoms with van der Waals surface area (Å²) in [6.07, 6.45) is 1.84. The van der Waals surface area contributed by atoms with Crippen LogP contribution in [0.3, 0.4) is 0 Å². The van der Waals surface area contributed by atoms with Crippen molar-refractivity contribution in [3.8, 4) is 0 Å². The molecule has 0 aliphatic heterocycles. The Hall–Kier alpha value is -0.230. The first kappa shape index (κ1) is 13.2. The first-order valence-corrected chi connectivity index (χ1v) is 7.70. The van der Waals surface area contributed by atoms with Crippen LogP contribution >= 0.6 is 43.2 Å². The Morgan fingerprint density at radius 3 is 2.82 bits per heavy atom. The normalized spacial score (nSPS) is 12.6. The van der Waals surface area contributed by atoms with Gasteiger partial charge in [0, 0.05) is 27.1 Å². The number of aromatic nitrogens is 1. The second kappa shape index (κ2) is 6.09. The largest absolute Gasteiger partial charge is 0.304 e. The Balaban J connectivity index is 1.96. The van der Waals surface area contributed by atoms with Crippen molar-refractivity contribution < 1.29 is 0 Å². The first-order chi connectivity index (χ1) is 8.16. The minimum absolute atomic E-state index is 0.289. The van der Waals surface area contributed by atoms with Crippen LogP contribution in [0.4, 0.5) is 0 Å². The van der Waals surface area contributed by atoms with Crippen molar-refractivity contribution >= 4 is 43.2 Å². The fraction of sp³-hybridized carbons (Fsp3) is 0.250. The fourth-order valence-electron chi connectivity index (χ4n) is 1.46. The van der Waals surface area contributed by atoms with Gasteiger partial charge in [0.25, 0.3) is 0 Å². The molecule has 2 aromatic rings. The molecule has 90 valence electrons. The zero-order valence-corrected chi connectivity index (χ0v) is 13.3. The maximum absolute atomic E-state index is 4.30. The standard InChI is InChI=1S/C12H12Br2N2S/c1-8(12-15-4-5-17-12)16-7-9-2-3-10(13)11(14)6-9/h2-6,8,16H,7H2,1H3. The number of rotatable bonds is 4. The van der Waals surface area contributed by atoms with Gasteiger partial charge in [-0.2, -0.15) is 0 Å². The van der Waals surface area contributed by atoms with Crippen molar-refractivity contribution in [3.05, 3.63) is 49.3 Å². The maximum Gasteiger partial charge on any atom is 0.109 e. The Labute approximate surface area is 122 Å². The number of nitrogens with one attached hydrogen (secondary N) is 1. The summed E-state index contributed by atoms with van der Waals surface area (Å²) in [5.41, 5.74) is 1.25. The lowest BCUT2D eigenvalue weighted by Gasteiger charge is -2.11. The van der Waals surface area contributed by atoms with Crippen LogP contribution < -0.4 is 5.32 Å². The average molecular weight is 376 g/mol. The van der Waals surface area contributed by atoms with Crippen LogP contribution in [0.15, 0.2) is 38.7 Å². The molecular weight excluding hydrogens is 364 g/mol. The maximum atomic E-state index is 4.30. The van der Waals surface area contributed by atoms with Crippen molar-refractivity contribution in [3.63, 3.8) is 0 Å². The minimum atomic E-state index is 0.289. The fourth-order valence-corrected chi connectivity index (χ4v) is 2.80. The predicted octanol–water partition coefficient (Wildman–Crippen LogP) is 4.52. The second-order valence-electron chi connectivity index (χ2n) is 3.72. The van der Waals surface area contributed by atoms with E-state index in [1.54, 1.807) is 11.3 Å². The van der Waals surface area contributed by atoms with Crippen molar-refractivity contribution in [1.29, 1.82) is 0 Å². The molecule has 1 atom stereocenters. The summed E-state index contributed by atoms with van der Waals surface area (Å²) in [7, 11) is 0. The summed E-state index contributed by atoms with van der Waals surface area (Å²) in [5.74, 6) is 0. The second-order valence-corrected chi connectivity index (χ2v) is 6.36. The molecule has 0 saturated carbocycles. The van der Waals surface area contributed by atoms with E-state index in [2.05, 4.69) is 67.3 Å². The lowest BCUT2D eigenvalue weighted by atomic mass is 10.2. The molecule has 0 fully saturated rings. The van der Waals surface area contributed by atoms with Gasteiger partial charge in [-0.15, -0.1) is 11.3 Å². The highest BCUT2D eigenvalue weighted by Gasteiger charge is 2.07. The summed E-state index contributed by atoms with van der Waals surface area (Å²) in [6, 6.07) is 6.56. The van der Waals surface area contributed by atoms with Crippen LogP contribution in [0.5, 0.6) is 0 Å². The van der Waals surface area contributed by atoms with Crippen molar-refractivity contribution in [1.82, 2.24) is 10.3 Å². The van der Waals surface area contributed by atoms with Gasteiger partial charge in [-0.1, -0.05) is 6.07 Å². The lowest BCUT2D eigenvalue weighted by molar-refractivity contribution is 0.571. The van der Waals surface area contributed by atoms with Crippen molar-refractivity contribution in [2.75, 3.05) is 0 Å². The molecule has 0 spiro atoms. The third-order valence-electron chi connectivity index (χ3n) is 2.42.